The molecule has 0 aliphatic heterocycles. The van der Waals surface area contributed by atoms with Crippen molar-refractivity contribution in [1.29, 1.82) is 0 Å². The first-order valence-corrected chi connectivity index (χ1v) is 4.86. The molecule has 0 fully saturated rings. The summed E-state index contributed by atoms with van der Waals surface area (Å²) in [5, 5.41) is 2.70. The van der Waals surface area contributed by atoms with Crippen LogP contribution in [0, 0.1) is 6.92 Å². The number of amides is 1. The third-order valence-corrected chi connectivity index (χ3v) is 2.01. The van der Waals surface area contributed by atoms with Gasteiger partial charge in [-0.25, -0.2) is 4.98 Å². The Labute approximate surface area is 92.5 Å². The molecule has 0 aliphatic carbocycles. The minimum absolute atomic E-state index is 0.262. The van der Waals surface area contributed by atoms with Gasteiger partial charge in [0.25, 0.3) is 5.91 Å². The van der Waals surface area contributed by atoms with Gasteiger partial charge in [0.15, 0.2) is 11.6 Å². The average molecular weight is 217 g/mol. The molecule has 0 spiro atoms. The lowest BCUT2D eigenvalue weighted by Gasteiger charge is -2.01. The van der Waals surface area contributed by atoms with Gasteiger partial charge in [0.2, 0.25) is 0 Å². The molecular formula is C11H11N3O2. The summed E-state index contributed by atoms with van der Waals surface area (Å²) in [7, 11) is 0. The van der Waals surface area contributed by atoms with Crippen LogP contribution in [-0.4, -0.2) is 15.9 Å². The fraction of sp³-hybridized carbons (Fsp3) is 0.182. The number of rotatable bonds is 3. The molecule has 1 amide bonds. The molecule has 5 nitrogen and oxygen atoms in total. The number of nitrogens with one attached hydrogen (secondary N) is 1. The second kappa shape index (κ2) is 4.57. The number of carbonyl (C=O) groups excluding carboxylic acids is 1. The van der Waals surface area contributed by atoms with Crippen molar-refractivity contribution in [3.05, 3.63) is 47.9 Å². The lowest BCUT2D eigenvalue weighted by atomic mass is 10.3. The number of hydrogen-bond donors (Lipinski definition) is 1. The third kappa shape index (κ3) is 2.44. The molecule has 0 saturated carbocycles. The van der Waals surface area contributed by atoms with Crippen LogP contribution in [-0.2, 0) is 6.54 Å². The number of hydrogen-bond acceptors (Lipinski definition) is 4. The van der Waals surface area contributed by atoms with E-state index in [1.807, 2.05) is 18.2 Å². The molecule has 0 bridgehead atoms. The quantitative estimate of drug-likeness (QED) is 0.841. The molecule has 2 aromatic heterocycles. The molecule has 2 rings (SSSR count). The fourth-order valence-corrected chi connectivity index (χ4v) is 1.23. The highest BCUT2D eigenvalue weighted by Crippen LogP contribution is 2.00. The lowest BCUT2D eigenvalue weighted by Crippen LogP contribution is -2.23. The Kier molecular flexibility index (Phi) is 2.95. The van der Waals surface area contributed by atoms with Gasteiger partial charge < -0.3 is 9.73 Å². The van der Waals surface area contributed by atoms with Gasteiger partial charge in [-0.2, -0.15) is 0 Å². The van der Waals surface area contributed by atoms with Crippen LogP contribution in [0.2, 0.25) is 0 Å². The van der Waals surface area contributed by atoms with Crippen LogP contribution in [0.25, 0.3) is 0 Å². The Bertz CT molecular complexity index is 479. The van der Waals surface area contributed by atoms with Gasteiger partial charge >= 0.3 is 0 Å². The topological polar surface area (TPSA) is 68.0 Å². The number of carbonyl (C=O) groups is 1. The number of nitrogens with zero attached hydrogens (tertiary/aromatic N) is 2. The number of aromatic nitrogens is 2. The molecular weight excluding hydrogens is 206 g/mol. The zero-order chi connectivity index (χ0) is 11.4. The average Bonchev–Trinajstić information content (AvgIpc) is 2.74. The Hall–Kier alpha value is -2.17. The van der Waals surface area contributed by atoms with E-state index in [2.05, 4.69) is 15.3 Å². The van der Waals surface area contributed by atoms with Crippen LogP contribution in [0.3, 0.4) is 0 Å². The molecule has 2 heterocycles. The van der Waals surface area contributed by atoms with Gasteiger partial charge in [-0.05, 0) is 12.1 Å². The normalized spacial score (nSPS) is 10.1. The zero-order valence-corrected chi connectivity index (χ0v) is 8.80. The highest BCUT2D eigenvalue weighted by atomic mass is 16.3. The van der Waals surface area contributed by atoms with Gasteiger partial charge in [-0.1, -0.05) is 6.07 Å². The standard InChI is InChI=1S/C11H11N3O2/c1-8-14-10(7-16-8)11(15)13-6-9-4-2-3-5-12-9/h2-5,7H,6H2,1H3,(H,13,15). The monoisotopic (exact) mass is 217 g/mol. The molecule has 82 valence electrons. The SMILES string of the molecule is Cc1nc(C(=O)NCc2ccccn2)co1. The first kappa shape index (κ1) is 10.4. The summed E-state index contributed by atoms with van der Waals surface area (Å²) in [6.07, 6.45) is 3.02. The van der Waals surface area contributed by atoms with Crippen LogP contribution in [0.1, 0.15) is 22.1 Å². The molecule has 0 aliphatic rings. The van der Waals surface area contributed by atoms with Gasteiger partial charge in [-0.3, -0.25) is 9.78 Å². The Morgan fingerprint density at radius 2 is 2.38 bits per heavy atom. The van der Waals surface area contributed by atoms with Gasteiger partial charge in [0.1, 0.15) is 6.26 Å². The summed E-state index contributed by atoms with van der Waals surface area (Å²) >= 11 is 0. The van der Waals surface area contributed by atoms with Crippen molar-refractivity contribution in [2.75, 3.05) is 0 Å². The van der Waals surface area contributed by atoms with E-state index >= 15 is 0 Å². The maximum Gasteiger partial charge on any atom is 0.273 e. The molecule has 0 unspecified atom stereocenters. The predicted octanol–water partition coefficient (Wildman–Crippen LogP) is 1.31. The van der Waals surface area contributed by atoms with Crippen molar-refractivity contribution < 1.29 is 9.21 Å². The van der Waals surface area contributed by atoms with Crippen molar-refractivity contribution in [3.63, 3.8) is 0 Å². The smallest absolute Gasteiger partial charge is 0.273 e. The van der Waals surface area contributed by atoms with E-state index in [1.54, 1.807) is 13.1 Å². The molecule has 1 N–H and O–H groups in total. The van der Waals surface area contributed by atoms with Crippen molar-refractivity contribution in [2.45, 2.75) is 13.5 Å². The van der Waals surface area contributed by atoms with Crippen LogP contribution >= 0.6 is 0 Å². The van der Waals surface area contributed by atoms with Crippen molar-refractivity contribution in [1.82, 2.24) is 15.3 Å². The van der Waals surface area contributed by atoms with Crippen molar-refractivity contribution in [3.8, 4) is 0 Å². The molecule has 16 heavy (non-hydrogen) atoms. The van der Waals surface area contributed by atoms with Crippen LogP contribution in [0.4, 0.5) is 0 Å². The van der Waals surface area contributed by atoms with E-state index in [0.29, 0.717) is 12.4 Å². The highest BCUT2D eigenvalue weighted by Gasteiger charge is 2.09. The summed E-state index contributed by atoms with van der Waals surface area (Å²) in [5.41, 5.74) is 1.09. The minimum atomic E-state index is -0.262. The Morgan fingerprint density at radius 1 is 1.50 bits per heavy atom. The lowest BCUT2D eigenvalue weighted by molar-refractivity contribution is 0.0945. The van der Waals surface area contributed by atoms with E-state index in [0.717, 1.165) is 5.69 Å². The van der Waals surface area contributed by atoms with E-state index in [4.69, 9.17) is 4.42 Å². The Morgan fingerprint density at radius 3 is 3.00 bits per heavy atom. The summed E-state index contributed by atoms with van der Waals surface area (Å²) in [5.74, 6) is 0.213. The molecule has 0 aromatic carbocycles. The maximum absolute atomic E-state index is 11.6. The summed E-state index contributed by atoms with van der Waals surface area (Å²) in [4.78, 5) is 19.6. The first-order chi connectivity index (χ1) is 7.75. The predicted molar refractivity (Wildman–Crippen MR) is 56.6 cm³/mol. The summed E-state index contributed by atoms with van der Waals surface area (Å²) in [6, 6.07) is 5.54. The summed E-state index contributed by atoms with van der Waals surface area (Å²) in [6.45, 7) is 2.07. The molecule has 0 radical (unpaired) electrons. The van der Waals surface area contributed by atoms with Crippen LogP contribution < -0.4 is 5.32 Å². The zero-order valence-electron chi connectivity index (χ0n) is 8.80. The second-order valence-electron chi connectivity index (χ2n) is 3.26. The van der Waals surface area contributed by atoms with E-state index in [1.165, 1.54) is 6.26 Å². The summed E-state index contributed by atoms with van der Waals surface area (Å²) < 4.78 is 4.95. The van der Waals surface area contributed by atoms with Crippen LogP contribution in [0.15, 0.2) is 35.1 Å². The molecule has 2 aromatic rings. The van der Waals surface area contributed by atoms with Crippen molar-refractivity contribution >= 4 is 5.91 Å². The molecule has 5 heteroatoms. The largest absolute Gasteiger partial charge is 0.448 e. The first-order valence-electron chi connectivity index (χ1n) is 4.86. The Balaban J connectivity index is 1.94. The van der Waals surface area contributed by atoms with Crippen molar-refractivity contribution in [2.24, 2.45) is 0 Å². The fourth-order valence-electron chi connectivity index (χ4n) is 1.23. The van der Waals surface area contributed by atoms with Gasteiger partial charge in [0.05, 0.1) is 12.2 Å². The second-order valence-corrected chi connectivity index (χ2v) is 3.26. The number of pyridine rings is 1. The number of oxazole rings is 1. The van der Waals surface area contributed by atoms with Crippen LogP contribution in [0.5, 0.6) is 0 Å². The highest BCUT2D eigenvalue weighted by molar-refractivity contribution is 5.91. The van der Waals surface area contributed by atoms with E-state index in [-0.39, 0.29) is 11.6 Å². The van der Waals surface area contributed by atoms with E-state index in [9.17, 15) is 4.79 Å². The maximum atomic E-state index is 11.6. The third-order valence-electron chi connectivity index (χ3n) is 2.01. The van der Waals surface area contributed by atoms with E-state index < -0.39 is 0 Å². The van der Waals surface area contributed by atoms with Gasteiger partial charge in [-0.15, -0.1) is 0 Å². The molecule has 0 atom stereocenters. The minimum Gasteiger partial charge on any atom is -0.448 e. The number of aryl methyl sites for hydroxylation is 1. The van der Waals surface area contributed by atoms with Gasteiger partial charge in [0, 0.05) is 13.1 Å². The molecule has 0 saturated heterocycles.